The lowest BCUT2D eigenvalue weighted by atomic mass is 9.84. The molecule has 0 unspecified atom stereocenters. The molecule has 0 aromatic heterocycles. The van der Waals surface area contributed by atoms with Gasteiger partial charge >= 0.3 is 0 Å². The van der Waals surface area contributed by atoms with Gasteiger partial charge < -0.3 is 35.3 Å². The Morgan fingerprint density at radius 3 is 2.40 bits per heavy atom. The summed E-state index contributed by atoms with van der Waals surface area (Å²) >= 11 is 0. The molecular weight excluding hydrogens is 550 g/mol. The lowest BCUT2D eigenvalue weighted by Gasteiger charge is -2.32. The number of benzene rings is 3. The number of primary amides is 1. The number of phenols is 3. The van der Waals surface area contributed by atoms with Gasteiger partial charge in [0, 0.05) is 28.8 Å². The molecule has 5 rings (SSSR count). The minimum Gasteiger partial charge on any atom is -0.506 e. The fourth-order valence-corrected chi connectivity index (χ4v) is 5.28. The fourth-order valence-electron chi connectivity index (χ4n) is 5.28. The van der Waals surface area contributed by atoms with E-state index in [0.717, 1.165) is 5.57 Å². The fraction of sp³-hybridized carbons (Fsp3) is 0.206. The van der Waals surface area contributed by atoms with Crippen molar-refractivity contribution in [3.63, 3.8) is 0 Å². The maximum Gasteiger partial charge on any atom is 0.242 e. The van der Waals surface area contributed by atoms with Crippen LogP contribution < -0.4 is 19.9 Å². The number of aromatic hydroxyl groups is 3. The summed E-state index contributed by atoms with van der Waals surface area (Å²) in [5.41, 5.74) is 8.51. The number of nitrogens with two attached hydrogens (primary N) is 1. The molecule has 0 saturated carbocycles. The van der Waals surface area contributed by atoms with Crippen LogP contribution in [0.25, 0.3) is 17.2 Å². The Kier molecular flexibility index (Phi) is 7.30. The molecular formula is C34H31NO8. The molecule has 3 aromatic rings. The number of carbonyl (C=O) groups excluding carboxylic acids is 2. The van der Waals surface area contributed by atoms with Crippen molar-refractivity contribution in [1.82, 2.24) is 0 Å². The largest absolute Gasteiger partial charge is 0.506 e. The van der Waals surface area contributed by atoms with E-state index < -0.39 is 17.3 Å². The third-order valence-corrected chi connectivity index (χ3v) is 7.24. The first kappa shape index (κ1) is 29.1. The number of rotatable bonds is 6. The molecule has 43 heavy (non-hydrogen) atoms. The van der Waals surface area contributed by atoms with Crippen LogP contribution in [0.1, 0.15) is 61.1 Å². The monoisotopic (exact) mass is 581 g/mol. The number of hydrogen-bond acceptors (Lipinski definition) is 8. The maximum absolute atomic E-state index is 12.7. The Balaban J connectivity index is 1.84. The van der Waals surface area contributed by atoms with Gasteiger partial charge in [-0.3, -0.25) is 4.79 Å². The quantitative estimate of drug-likeness (QED) is 0.0968. The van der Waals surface area contributed by atoms with Gasteiger partial charge in [0.25, 0.3) is 0 Å². The van der Waals surface area contributed by atoms with Crippen molar-refractivity contribution in [2.75, 3.05) is 7.11 Å². The molecule has 5 N–H and O–H groups in total. The Morgan fingerprint density at radius 1 is 1.05 bits per heavy atom. The van der Waals surface area contributed by atoms with E-state index in [0.29, 0.717) is 45.7 Å². The number of hydrogen-bond donors (Lipinski definition) is 4. The van der Waals surface area contributed by atoms with Gasteiger partial charge in [0.15, 0.2) is 11.5 Å². The van der Waals surface area contributed by atoms with Crippen molar-refractivity contribution in [1.29, 1.82) is 0 Å². The molecule has 0 fully saturated rings. The van der Waals surface area contributed by atoms with Gasteiger partial charge in [0.05, 0.1) is 23.8 Å². The van der Waals surface area contributed by atoms with Crippen LogP contribution in [-0.4, -0.2) is 39.9 Å². The zero-order valence-electron chi connectivity index (χ0n) is 24.4. The summed E-state index contributed by atoms with van der Waals surface area (Å²) in [6.45, 7) is 7.60. The minimum absolute atomic E-state index is 0.0690. The first-order valence-corrected chi connectivity index (χ1v) is 13.5. The van der Waals surface area contributed by atoms with Gasteiger partial charge in [-0.25, -0.2) is 4.79 Å². The normalized spacial score (nSPS) is 14.3. The zero-order chi connectivity index (χ0) is 31.2. The molecule has 2 aliphatic heterocycles. The van der Waals surface area contributed by atoms with Crippen LogP contribution in [0, 0.1) is 0 Å². The van der Waals surface area contributed by atoms with Crippen molar-refractivity contribution in [2.24, 2.45) is 5.73 Å². The van der Waals surface area contributed by atoms with Crippen LogP contribution in [-0.2, 0) is 16.0 Å². The van der Waals surface area contributed by atoms with E-state index in [4.69, 9.17) is 19.9 Å². The van der Waals surface area contributed by atoms with Crippen LogP contribution >= 0.6 is 0 Å². The van der Waals surface area contributed by atoms with Crippen molar-refractivity contribution in [3.8, 4) is 40.2 Å². The van der Waals surface area contributed by atoms with E-state index in [2.05, 4.69) is 0 Å². The van der Waals surface area contributed by atoms with Gasteiger partial charge in [0.2, 0.25) is 5.91 Å². The van der Waals surface area contributed by atoms with Gasteiger partial charge in [-0.2, -0.15) is 0 Å². The van der Waals surface area contributed by atoms with E-state index >= 15 is 0 Å². The second-order valence-electron chi connectivity index (χ2n) is 11.1. The Labute approximate surface area is 248 Å². The summed E-state index contributed by atoms with van der Waals surface area (Å²) in [7, 11) is 1.45. The molecule has 0 saturated heterocycles. The average molecular weight is 582 g/mol. The number of methoxy groups -OCH3 is 1. The smallest absolute Gasteiger partial charge is 0.242 e. The number of allylic oxidation sites excluding steroid dienone is 2. The second-order valence-corrected chi connectivity index (χ2v) is 11.1. The van der Waals surface area contributed by atoms with E-state index in [1.165, 1.54) is 31.4 Å². The number of amides is 1. The first-order valence-electron chi connectivity index (χ1n) is 13.5. The molecule has 0 bridgehead atoms. The van der Waals surface area contributed by atoms with Gasteiger partial charge in [-0.15, -0.1) is 0 Å². The van der Waals surface area contributed by atoms with Crippen LogP contribution in [0.2, 0.25) is 0 Å². The second kappa shape index (κ2) is 10.8. The van der Waals surface area contributed by atoms with E-state index in [-0.39, 0.29) is 39.7 Å². The summed E-state index contributed by atoms with van der Waals surface area (Å²) in [4.78, 5) is 24.9. The van der Waals surface area contributed by atoms with Crippen molar-refractivity contribution < 1.29 is 39.1 Å². The molecule has 9 heteroatoms. The standard InChI is InChI=1S/C34H31NO8/c1-17(2)6-8-20-30-23(16-36)31-28(15-26-19(32(31)40)10-11-34(3,4)43-26)42-27(30)13-22(33(20)41-5)21(14-29(35)39)18-7-9-24(37)25(38)12-18/h6-7,9-15,37-38,40H,8H2,1-5H3,(H2,35,39)/b21-14+. The topological polar surface area (TPSA) is 149 Å². The summed E-state index contributed by atoms with van der Waals surface area (Å²) in [6.07, 6.45) is 6.97. The number of ether oxygens (including phenoxy) is 3. The van der Waals surface area contributed by atoms with Crippen LogP contribution in [0.4, 0.5) is 0 Å². The van der Waals surface area contributed by atoms with Gasteiger partial charge in [-0.1, -0.05) is 17.7 Å². The molecule has 2 heterocycles. The van der Waals surface area contributed by atoms with Crippen molar-refractivity contribution >= 4 is 29.1 Å². The average Bonchev–Trinajstić information content (AvgIpc) is 2.93. The highest BCUT2D eigenvalue weighted by Crippen LogP contribution is 2.55. The zero-order valence-corrected chi connectivity index (χ0v) is 24.4. The maximum atomic E-state index is 12.7. The lowest BCUT2D eigenvalue weighted by molar-refractivity contribution is -0.113. The molecule has 1 amide bonds. The number of phenolic OH excluding ortho intramolecular Hbond substituents is 3. The minimum atomic E-state index is -0.766. The molecule has 9 nitrogen and oxygen atoms in total. The molecule has 2 aliphatic rings. The van der Waals surface area contributed by atoms with E-state index in [9.17, 15) is 24.9 Å². The Morgan fingerprint density at radius 2 is 1.77 bits per heavy atom. The summed E-state index contributed by atoms with van der Waals surface area (Å²) in [6, 6.07) is 7.31. The molecule has 220 valence electrons. The Hall–Kier alpha value is -5.40. The van der Waals surface area contributed by atoms with Crippen LogP contribution in [0.15, 0.2) is 54.1 Å². The van der Waals surface area contributed by atoms with E-state index in [1.54, 1.807) is 18.2 Å². The lowest BCUT2D eigenvalue weighted by Crippen LogP contribution is -2.27. The van der Waals surface area contributed by atoms with Crippen molar-refractivity contribution in [2.45, 2.75) is 39.7 Å². The number of fused-ring (bicyclic) bond motifs is 3. The van der Waals surface area contributed by atoms with Crippen LogP contribution in [0.5, 0.6) is 40.2 Å². The summed E-state index contributed by atoms with van der Waals surface area (Å²) < 4.78 is 18.3. The predicted molar refractivity (Wildman–Crippen MR) is 162 cm³/mol. The molecule has 0 aliphatic carbocycles. The number of carbonyl (C=O) groups is 1. The first-order chi connectivity index (χ1) is 20.3. The van der Waals surface area contributed by atoms with E-state index in [1.807, 2.05) is 45.8 Å². The highest BCUT2D eigenvalue weighted by atomic mass is 16.5. The van der Waals surface area contributed by atoms with Crippen LogP contribution in [0.3, 0.4) is 0 Å². The SMILES string of the molecule is COc1c(/C(=C/C(N)=O)c2ccc(O)c(O)c2)cc2c(c1CC=C(C)C)C(=C=O)c1c(cc3c(c1O)C=CC(C)(C)O3)O2. The molecule has 0 spiro atoms. The third-order valence-electron chi connectivity index (χ3n) is 7.24. The Bertz CT molecular complexity index is 1830. The summed E-state index contributed by atoms with van der Waals surface area (Å²) in [5.74, 6) is 1.43. The molecule has 3 aromatic carbocycles. The van der Waals surface area contributed by atoms with Gasteiger partial charge in [-0.05, 0) is 75.6 Å². The third kappa shape index (κ3) is 5.22. The van der Waals surface area contributed by atoms with Gasteiger partial charge in [0.1, 0.15) is 40.3 Å². The predicted octanol–water partition coefficient (Wildman–Crippen LogP) is 5.79. The highest BCUT2D eigenvalue weighted by Gasteiger charge is 2.36. The van der Waals surface area contributed by atoms with Crippen molar-refractivity contribution in [3.05, 3.63) is 87.5 Å². The molecule has 0 radical (unpaired) electrons. The highest BCUT2D eigenvalue weighted by molar-refractivity contribution is 6.07. The summed E-state index contributed by atoms with van der Waals surface area (Å²) in [5, 5.41) is 31.5. The molecule has 0 atom stereocenters.